The molecule has 2 fully saturated rings. The second kappa shape index (κ2) is 5.86. The molecule has 2 aliphatic carbocycles. The van der Waals surface area contributed by atoms with Crippen LogP contribution in [0, 0.1) is 17.3 Å². The summed E-state index contributed by atoms with van der Waals surface area (Å²) in [7, 11) is 0. The lowest BCUT2D eigenvalue weighted by molar-refractivity contribution is -0.169. The number of esters is 1. The topological polar surface area (TPSA) is 125 Å². The molecule has 6 atom stereocenters. The number of aromatic hydroxyl groups is 2. The summed E-state index contributed by atoms with van der Waals surface area (Å²) in [5.41, 5.74) is -0.643. The summed E-state index contributed by atoms with van der Waals surface area (Å²) in [6.07, 6.45) is 4.71. The number of hydroxylamine groups is 1. The number of hydrogen-bond acceptors (Lipinski definition) is 8. The smallest absolute Gasteiger partial charge is 0.346 e. The molecule has 2 heterocycles. The van der Waals surface area contributed by atoms with Crippen LogP contribution in [-0.2, 0) is 19.2 Å². The van der Waals surface area contributed by atoms with Crippen molar-refractivity contribution in [2.45, 2.75) is 44.0 Å². The van der Waals surface area contributed by atoms with E-state index in [1.165, 1.54) is 30.4 Å². The zero-order chi connectivity index (χ0) is 21.5. The van der Waals surface area contributed by atoms with Crippen LogP contribution in [0.15, 0.2) is 36.4 Å². The maximum atomic E-state index is 13.1. The quantitative estimate of drug-likeness (QED) is 0.511. The van der Waals surface area contributed by atoms with Gasteiger partial charge in [-0.05, 0) is 56.0 Å². The van der Waals surface area contributed by atoms with Crippen LogP contribution in [-0.4, -0.2) is 44.4 Å². The normalized spacial score (nSPS) is 41.8. The molecule has 0 amide bonds. The zero-order valence-corrected chi connectivity index (χ0v) is 16.6. The van der Waals surface area contributed by atoms with E-state index >= 15 is 0 Å². The number of phenolic OH excluding ortho intramolecular Hbond substituents is 2. The molecule has 8 nitrogen and oxygen atoms in total. The number of carbonyl (C=O) groups is 2. The Hall–Kier alpha value is -2.84. The summed E-state index contributed by atoms with van der Waals surface area (Å²) >= 11 is 0. The number of phenols is 2. The molecule has 1 saturated carbocycles. The second-order valence-corrected chi connectivity index (χ2v) is 8.93. The maximum absolute atomic E-state index is 13.1. The number of hydrogen-bond donors (Lipinski definition) is 4. The first-order valence-electron chi connectivity index (χ1n) is 9.99. The average Bonchev–Trinajstić information content (AvgIpc) is 3.30. The molecule has 8 heteroatoms. The fraction of sp³-hybridized carbons (Fsp3) is 0.455. The van der Waals surface area contributed by atoms with Crippen LogP contribution in [0.4, 0.5) is 0 Å². The number of ketones is 1. The first-order valence-corrected chi connectivity index (χ1v) is 9.99. The monoisotopic (exact) mass is 413 g/mol. The number of fused-ring (bicyclic) bond motifs is 4. The van der Waals surface area contributed by atoms with E-state index in [2.05, 4.69) is 5.48 Å². The molecule has 1 spiro atoms. The van der Waals surface area contributed by atoms with E-state index in [9.17, 15) is 24.9 Å². The molecular weight excluding hydrogens is 390 g/mol. The van der Waals surface area contributed by atoms with E-state index in [0.29, 0.717) is 24.1 Å². The van der Waals surface area contributed by atoms with Crippen molar-refractivity contribution in [3.63, 3.8) is 0 Å². The lowest BCUT2D eigenvalue weighted by atomic mass is 9.64. The summed E-state index contributed by atoms with van der Waals surface area (Å²) in [6.45, 7) is 3.54. The Balaban J connectivity index is 1.60. The largest absolute Gasteiger partial charge is 0.508 e. The highest BCUT2D eigenvalue weighted by atomic mass is 16.7. The molecule has 5 rings (SSSR count). The minimum Gasteiger partial charge on any atom is -0.508 e. The molecule has 1 aromatic rings. The van der Waals surface area contributed by atoms with Crippen LogP contribution in [0.3, 0.4) is 0 Å². The minimum absolute atomic E-state index is 0.135. The number of carbonyl (C=O) groups excluding carboxylic acids is 2. The summed E-state index contributed by atoms with van der Waals surface area (Å²) in [5.74, 6) is -1.90. The van der Waals surface area contributed by atoms with E-state index in [0.717, 1.165) is 0 Å². The van der Waals surface area contributed by atoms with Gasteiger partial charge in [0, 0.05) is 17.5 Å². The van der Waals surface area contributed by atoms with Crippen LogP contribution >= 0.6 is 0 Å². The maximum Gasteiger partial charge on any atom is 0.346 e. The molecule has 2 aliphatic heterocycles. The van der Waals surface area contributed by atoms with Crippen molar-refractivity contribution in [2.24, 2.45) is 17.3 Å². The number of allylic oxidation sites excluding steroid dienone is 1. The Kier molecular flexibility index (Phi) is 3.74. The molecule has 0 aromatic heterocycles. The Bertz CT molecular complexity index is 1010. The van der Waals surface area contributed by atoms with Gasteiger partial charge in [-0.25, -0.2) is 4.79 Å². The number of aliphatic hydroxyl groups is 1. The van der Waals surface area contributed by atoms with Gasteiger partial charge < -0.3 is 20.1 Å². The van der Waals surface area contributed by atoms with Crippen LogP contribution in [0.1, 0.15) is 32.3 Å². The highest BCUT2D eigenvalue weighted by Gasteiger charge is 2.72. The third kappa shape index (κ3) is 2.18. The minimum atomic E-state index is -1.47. The molecule has 1 unspecified atom stereocenters. The molecule has 0 radical (unpaired) electrons. The van der Waals surface area contributed by atoms with Gasteiger partial charge in [0.2, 0.25) is 5.60 Å². The Morgan fingerprint density at radius 2 is 1.83 bits per heavy atom. The molecule has 4 N–H and O–H groups in total. The fourth-order valence-corrected chi connectivity index (χ4v) is 5.58. The van der Waals surface area contributed by atoms with Gasteiger partial charge in [-0.3, -0.25) is 15.1 Å². The van der Waals surface area contributed by atoms with Gasteiger partial charge in [0.15, 0.2) is 5.78 Å². The average molecular weight is 413 g/mol. The van der Waals surface area contributed by atoms with Gasteiger partial charge in [0.25, 0.3) is 0 Å². The SMILES string of the molecule is C[C@H]1CC[C@@H]2[C@@H](OC(=O)C23C=C(c2cc(O)cc(O)c2)NO3)[C@]2(C)C(=O)C=C[C@@]12O. The summed E-state index contributed by atoms with van der Waals surface area (Å²) < 4.78 is 5.75. The predicted molar refractivity (Wildman–Crippen MR) is 104 cm³/mol. The molecule has 0 bridgehead atoms. The van der Waals surface area contributed by atoms with Gasteiger partial charge in [0.05, 0.1) is 11.1 Å². The molecule has 1 saturated heterocycles. The summed E-state index contributed by atoms with van der Waals surface area (Å²) in [6, 6.07) is 4.05. The third-order valence-electron chi connectivity index (χ3n) is 7.44. The summed E-state index contributed by atoms with van der Waals surface area (Å²) in [4.78, 5) is 31.7. The van der Waals surface area contributed by atoms with Crippen molar-refractivity contribution >= 4 is 17.4 Å². The predicted octanol–water partition coefficient (Wildman–Crippen LogP) is 1.56. The fourth-order valence-electron chi connectivity index (χ4n) is 5.58. The van der Waals surface area contributed by atoms with Crippen molar-refractivity contribution in [1.29, 1.82) is 0 Å². The Labute approximate surface area is 172 Å². The molecule has 30 heavy (non-hydrogen) atoms. The number of rotatable bonds is 1. The van der Waals surface area contributed by atoms with Gasteiger partial charge in [-0.1, -0.05) is 6.92 Å². The first-order chi connectivity index (χ1) is 14.1. The van der Waals surface area contributed by atoms with Crippen LogP contribution < -0.4 is 5.48 Å². The number of benzene rings is 1. The first kappa shape index (κ1) is 19.1. The highest BCUT2D eigenvalue weighted by Crippen LogP contribution is 2.59. The van der Waals surface area contributed by atoms with E-state index in [4.69, 9.17) is 9.57 Å². The Morgan fingerprint density at radius 1 is 1.13 bits per heavy atom. The molecule has 4 aliphatic rings. The van der Waals surface area contributed by atoms with Crippen LogP contribution in [0.5, 0.6) is 11.5 Å². The lowest BCUT2D eigenvalue weighted by Crippen LogP contribution is -2.57. The van der Waals surface area contributed by atoms with Crippen molar-refractivity contribution in [3.8, 4) is 11.5 Å². The highest BCUT2D eigenvalue weighted by molar-refractivity contribution is 6.01. The van der Waals surface area contributed by atoms with E-state index < -0.39 is 34.6 Å². The zero-order valence-electron chi connectivity index (χ0n) is 16.6. The van der Waals surface area contributed by atoms with E-state index in [-0.39, 0.29) is 23.2 Å². The molecule has 1 aromatic carbocycles. The van der Waals surface area contributed by atoms with Crippen molar-refractivity contribution in [2.75, 3.05) is 0 Å². The lowest BCUT2D eigenvalue weighted by Gasteiger charge is -2.43. The van der Waals surface area contributed by atoms with Crippen molar-refractivity contribution in [1.82, 2.24) is 5.48 Å². The van der Waals surface area contributed by atoms with Gasteiger partial charge in [0.1, 0.15) is 23.2 Å². The second-order valence-electron chi connectivity index (χ2n) is 8.93. The van der Waals surface area contributed by atoms with E-state index in [1.54, 1.807) is 13.0 Å². The van der Waals surface area contributed by atoms with Crippen LogP contribution in [0.2, 0.25) is 0 Å². The van der Waals surface area contributed by atoms with Gasteiger partial charge >= 0.3 is 5.97 Å². The third-order valence-corrected chi connectivity index (χ3v) is 7.44. The number of ether oxygens (including phenoxy) is 1. The standard InChI is InChI=1S/C22H23NO7/c1-11-3-4-15-18(20(2)17(26)5-6-22(11,20)28)29-19(27)21(15)10-16(23-30-21)12-7-13(24)9-14(25)8-12/h5-11,15,18,23-25,28H,3-4H2,1-2H3/t11-,15+,18+,20-,21?,22+/m0/s1. The summed E-state index contributed by atoms with van der Waals surface area (Å²) in [5, 5.41) is 31.0. The molecular formula is C22H23NO7. The van der Waals surface area contributed by atoms with Crippen molar-refractivity contribution in [3.05, 3.63) is 42.0 Å². The van der Waals surface area contributed by atoms with Crippen LogP contribution in [0.25, 0.3) is 5.70 Å². The van der Waals surface area contributed by atoms with E-state index in [1.807, 2.05) is 6.92 Å². The van der Waals surface area contributed by atoms with Gasteiger partial charge in [-0.15, -0.1) is 0 Å². The number of nitrogens with one attached hydrogen (secondary N) is 1. The Morgan fingerprint density at radius 3 is 2.53 bits per heavy atom. The molecule has 158 valence electrons. The van der Waals surface area contributed by atoms with Crippen molar-refractivity contribution < 1.29 is 34.5 Å². The van der Waals surface area contributed by atoms with Gasteiger partial charge in [-0.2, -0.15) is 0 Å².